The molecule has 1 aromatic heterocycles. The third-order valence-electron chi connectivity index (χ3n) is 6.15. The second-order valence-corrected chi connectivity index (χ2v) is 8.57. The predicted molar refractivity (Wildman–Crippen MR) is 129 cm³/mol. The van der Waals surface area contributed by atoms with Crippen LogP contribution in [0.3, 0.4) is 0 Å². The van der Waals surface area contributed by atoms with E-state index in [1.54, 1.807) is 0 Å². The lowest BCUT2D eigenvalue weighted by molar-refractivity contribution is -0.130. The Morgan fingerprint density at radius 1 is 0.875 bits per heavy atom. The molecule has 32 heavy (non-hydrogen) atoms. The number of carbonyl (C=O) groups is 1. The molecular weight excluding hydrogens is 396 g/mol. The van der Waals surface area contributed by atoms with Crippen LogP contribution in [-0.4, -0.2) is 47.0 Å². The molecule has 1 aliphatic rings. The second-order valence-electron chi connectivity index (χ2n) is 8.57. The van der Waals surface area contributed by atoms with Crippen molar-refractivity contribution in [1.82, 2.24) is 14.9 Å². The van der Waals surface area contributed by atoms with E-state index >= 15 is 0 Å². The second kappa shape index (κ2) is 9.94. The smallest absolute Gasteiger partial charge is 0.227 e. The normalized spacial score (nSPS) is 14.0. The van der Waals surface area contributed by atoms with Crippen molar-refractivity contribution in [3.05, 3.63) is 88.4 Å². The molecule has 0 spiro atoms. The van der Waals surface area contributed by atoms with Gasteiger partial charge in [0.25, 0.3) is 0 Å². The molecule has 2 aromatic carbocycles. The Bertz CT molecular complexity index is 1060. The molecule has 5 heteroatoms. The summed E-state index contributed by atoms with van der Waals surface area (Å²) in [6.45, 7) is 9.27. The summed E-state index contributed by atoms with van der Waals surface area (Å²) in [5.74, 6) is 2.04. The molecule has 0 aliphatic carbocycles. The Balaban J connectivity index is 1.50. The van der Waals surface area contributed by atoms with E-state index in [-0.39, 0.29) is 5.91 Å². The third kappa shape index (κ3) is 5.16. The summed E-state index contributed by atoms with van der Waals surface area (Å²) in [6, 6.07) is 18.7. The van der Waals surface area contributed by atoms with E-state index < -0.39 is 0 Å². The third-order valence-corrected chi connectivity index (χ3v) is 6.15. The fourth-order valence-electron chi connectivity index (χ4n) is 4.33. The highest BCUT2D eigenvalue weighted by molar-refractivity contribution is 5.79. The number of amides is 1. The summed E-state index contributed by atoms with van der Waals surface area (Å²) in [4.78, 5) is 26.7. The molecule has 1 saturated heterocycles. The van der Waals surface area contributed by atoms with E-state index in [1.807, 2.05) is 42.2 Å². The van der Waals surface area contributed by atoms with Crippen LogP contribution in [0.5, 0.6) is 0 Å². The van der Waals surface area contributed by atoms with Crippen molar-refractivity contribution in [1.29, 1.82) is 0 Å². The standard InChI is InChI=1S/C27H32N4O/c1-4-25-24(18-23-12-10-20(2)11-13-23)27(29-21(3)28-25)31-16-14-30(15-17-31)26(32)19-22-8-6-5-7-9-22/h5-13H,4,14-19H2,1-3H3. The van der Waals surface area contributed by atoms with E-state index in [4.69, 9.17) is 9.97 Å². The Morgan fingerprint density at radius 2 is 1.56 bits per heavy atom. The van der Waals surface area contributed by atoms with Crippen LogP contribution >= 0.6 is 0 Å². The van der Waals surface area contributed by atoms with Gasteiger partial charge in [0.1, 0.15) is 11.6 Å². The molecule has 0 bridgehead atoms. The van der Waals surface area contributed by atoms with Crippen molar-refractivity contribution in [2.75, 3.05) is 31.1 Å². The highest BCUT2D eigenvalue weighted by Crippen LogP contribution is 2.26. The number of hydrogen-bond acceptors (Lipinski definition) is 4. The van der Waals surface area contributed by atoms with E-state index in [0.717, 1.165) is 61.9 Å². The van der Waals surface area contributed by atoms with Gasteiger partial charge in [0.05, 0.1) is 6.42 Å². The maximum atomic E-state index is 12.8. The topological polar surface area (TPSA) is 49.3 Å². The Kier molecular flexibility index (Phi) is 6.84. The Hall–Kier alpha value is -3.21. The maximum Gasteiger partial charge on any atom is 0.227 e. The van der Waals surface area contributed by atoms with E-state index in [1.165, 1.54) is 16.7 Å². The average Bonchev–Trinajstić information content (AvgIpc) is 2.82. The van der Waals surface area contributed by atoms with Crippen LogP contribution in [0.1, 0.15) is 40.7 Å². The summed E-state index contributed by atoms with van der Waals surface area (Å²) in [7, 11) is 0. The Labute approximate surface area is 191 Å². The first kappa shape index (κ1) is 22.0. The molecule has 5 nitrogen and oxygen atoms in total. The molecule has 1 fully saturated rings. The van der Waals surface area contributed by atoms with Crippen LogP contribution in [0.4, 0.5) is 5.82 Å². The number of piperazine rings is 1. The fraction of sp³-hybridized carbons (Fsp3) is 0.370. The van der Waals surface area contributed by atoms with Gasteiger partial charge in [-0.25, -0.2) is 9.97 Å². The minimum atomic E-state index is 0.198. The minimum Gasteiger partial charge on any atom is -0.353 e. The highest BCUT2D eigenvalue weighted by Gasteiger charge is 2.25. The number of rotatable bonds is 6. The molecule has 3 aromatic rings. The Morgan fingerprint density at radius 3 is 2.22 bits per heavy atom. The lowest BCUT2D eigenvalue weighted by Gasteiger charge is -2.36. The molecule has 0 radical (unpaired) electrons. The van der Waals surface area contributed by atoms with Crippen molar-refractivity contribution in [2.24, 2.45) is 0 Å². The number of carbonyl (C=O) groups excluding carboxylic acids is 1. The molecule has 1 aliphatic heterocycles. The SMILES string of the molecule is CCc1nc(C)nc(N2CCN(C(=O)Cc3ccccc3)CC2)c1Cc1ccc(C)cc1. The van der Waals surface area contributed by atoms with Gasteiger partial charge in [0.2, 0.25) is 5.91 Å². The molecule has 2 heterocycles. The predicted octanol–water partition coefficient (Wildman–Crippen LogP) is 4.14. The van der Waals surface area contributed by atoms with E-state index in [2.05, 4.69) is 43.0 Å². The van der Waals surface area contributed by atoms with Gasteiger partial charge in [0, 0.05) is 43.9 Å². The zero-order valence-corrected chi connectivity index (χ0v) is 19.3. The number of nitrogens with zero attached hydrogens (tertiary/aromatic N) is 4. The minimum absolute atomic E-state index is 0.198. The van der Waals surface area contributed by atoms with Crippen LogP contribution in [0.15, 0.2) is 54.6 Å². The summed E-state index contributed by atoms with van der Waals surface area (Å²) < 4.78 is 0. The highest BCUT2D eigenvalue weighted by atomic mass is 16.2. The number of hydrogen-bond donors (Lipinski definition) is 0. The zero-order chi connectivity index (χ0) is 22.5. The van der Waals surface area contributed by atoms with Crippen LogP contribution in [0.2, 0.25) is 0 Å². The van der Waals surface area contributed by atoms with Gasteiger partial charge < -0.3 is 9.80 Å². The van der Waals surface area contributed by atoms with Gasteiger partial charge in [-0.05, 0) is 31.4 Å². The van der Waals surface area contributed by atoms with Gasteiger partial charge in [-0.3, -0.25) is 4.79 Å². The van der Waals surface area contributed by atoms with Crippen molar-refractivity contribution in [3.8, 4) is 0 Å². The molecule has 1 amide bonds. The van der Waals surface area contributed by atoms with Gasteiger partial charge in [-0.2, -0.15) is 0 Å². The maximum absolute atomic E-state index is 12.8. The van der Waals surface area contributed by atoms with Gasteiger partial charge in [0.15, 0.2) is 0 Å². The van der Waals surface area contributed by atoms with Gasteiger partial charge in [-0.15, -0.1) is 0 Å². The fourth-order valence-corrected chi connectivity index (χ4v) is 4.33. The van der Waals surface area contributed by atoms with Crippen LogP contribution in [0.25, 0.3) is 0 Å². The van der Waals surface area contributed by atoms with Gasteiger partial charge in [-0.1, -0.05) is 67.1 Å². The van der Waals surface area contributed by atoms with Crippen molar-refractivity contribution < 1.29 is 4.79 Å². The van der Waals surface area contributed by atoms with Crippen molar-refractivity contribution >= 4 is 11.7 Å². The summed E-state index contributed by atoms with van der Waals surface area (Å²) >= 11 is 0. The number of aryl methyl sites for hydroxylation is 3. The summed E-state index contributed by atoms with van der Waals surface area (Å²) in [5.41, 5.74) is 5.94. The molecule has 0 atom stereocenters. The molecule has 166 valence electrons. The van der Waals surface area contributed by atoms with Crippen molar-refractivity contribution in [2.45, 2.75) is 40.0 Å². The number of benzene rings is 2. The molecule has 4 rings (SSSR count). The van der Waals surface area contributed by atoms with E-state index in [9.17, 15) is 4.79 Å². The lowest BCUT2D eigenvalue weighted by atomic mass is 10.0. The summed E-state index contributed by atoms with van der Waals surface area (Å²) in [5, 5.41) is 0. The first-order chi connectivity index (χ1) is 15.5. The first-order valence-corrected chi connectivity index (χ1v) is 11.5. The monoisotopic (exact) mass is 428 g/mol. The van der Waals surface area contributed by atoms with Crippen LogP contribution in [-0.2, 0) is 24.1 Å². The number of aromatic nitrogens is 2. The van der Waals surface area contributed by atoms with Crippen molar-refractivity contribution in [3.63, 3.8) is 0 Å². The van der Waals surface area contributed by atoms with E-state index in [0.29, 0.717) is 6.42 Å². The zero-order valence-electron chi connectivity index (χ0n) is 19.3. The molecule has 0 saturated carbocycles. The summed E-state index contributed by atoms with van der Waals surface area (Å²) in [6.07, 6.45) is 2.17. The van der Waals surface area contributed by atoms with Gasteiger partial charge >= 0.3 is 0 Å². The lowest BCUT2D eigenvalue weighted by Crippen LogP contribution is -2.49. The quantitative estimate of drug-likeness (QED) is 0.592. The molecule has 0 unspecified atom stereocenters. The van der Waals surface area contributed by atoms with Crippen LogP contribution in [0, 0.1) is 13.8 Å². The largest absolute Gasteiger partial charge is 0.353 e. The number of anilines is 1. The molecule has 0 N–H and O–H groups in total. The van der Waals surface area contributed by atoms with Crippen LogP contribution < -0.4 is 4.90 Å². The molecular formula is C27H32N4O. The average molecular weight is 429 g/mol. The first-order valence-electron chi connectivity index (χ1n) is 11.5.